The number of carbonyl (C=O) groups excluding carboxylic acids is 2. The molecule has 7 nitrogen and oxygen atoms in total. The highest BCUT2D eigenvalue weighted by Crippen LogP contribution is 2.21. The zero-order chi connectivity index (χ0) is 18.5. The second-order valence-corrected chi connectivity index (χ2v) is 6.34. The van der Waals surface area contributed by atoms with Gasteiger partial charge in [0.1, 0.15) is 11.5 Å². The Morgan fingerprint density at radius 1 is 1.33 bits per heavy atom. The van der Waals surface area contributed by atoms with Gasteiger partial charge in [-0.25, -0.2) is 4.39 Å². The number of nitrogens with zero attached hydrogens (tertiary/aromatic N) is 2. The first-order valence-electron chi connectivity index (χ1n) is 8.67. The van der Waals surface area contributed by atoms with Gasteiger partial charge in [-0.2, -0.15) is 5.10 Å². The molecule has 146 valence electrons. The van der Waals surface area contributed by atoms with Crippen LogP contribution in [0.1, 0.15) is 23.3 Å². The van der Waals surface area contributed by atoms with E-state index < -0.39 is 0 Å². The van der Waals surface area contributed by atoms with Crippen molar-refractivity contribution >= 4 is 24.2 Å². The summed E-state index contributed by atoms with van der Waals surface area (Å²) in [5.74, 6) is -0.807. The van der Waals surface area contributed by atoms with Crippen molar-refractivity contribution in [3.05, 3.63) is 41.8 Å². The molecule has 1 unspecified atom stereocenters. The van der Waals surface area contributed by atoms with Crippen molar-refractivity contribution in [3.8, 4) is 11.3 Å². The van der Waals surface area contributed by atoms with E-state index in [-0.39, 0.29) is 36.0 Å². The number of hydrogen-bond donors (Lipinski definition) is 3. The van der Waals surface area contributed by atoms with Crippen molar-refractivity contribution in [1.29, 1.82) is 0 Å². The molecule has 1 aliphatic heterocycles. The Labute approximate surface area is 162 Å². The number of nitrogens with one attached hydrogen (secondary N) is 2. The van der Waals surface area contributed by atoms with Crippen molar-refractivity contribution in [2.45, 2.75) is 12.8 Å². The molecule has 2 amide bonds. The van der Waals surface area contributed by atoms with E-state index in [0.29, 0.717) is 37.6 Å². The number of carbonyl (C=O) groups is 2. The highest BCUT2D eigenvalue weighted by Gasteiger charge is 2.29. The number of aromatic amines is 1. The zero-order valence-electron chi connectivity index (χ0n) is 14.8. The van der Waals surface area contributed by atoms with Gasteiger partial charge in [0.2, 0.25) is 5.91 Å². The lowest BCUT2D eigenvalue weighted by atomic mass is 9.97. The Morgan fingerprint density at radius 3 is 2.78 bits per heavy atom. The number of halogens is 2. The summed E-state index contributed by atoms with van der Waals surface area (Å²) in [4.78, 5) is 26.5. The average molecular weight is 396 g/mol. The first-order valence-corrected chi connectivity index (χ1v) is 8.67. The molecule has 2 aromatic rings. The number of H-pyrrole nitrogens is 1. The topological polar surface area (TPSA) is 104 Å². The van der Waals surface area contributed by atoms with E-state index in [4.69, 9.17) is 5.73 Å². The highest BCUT2D eigenvalue weighted by atomic mass is 35.5. The van der Waals surface area contributed by atoms with E-state index >= 15 is 0 Å². The lowest BCUT2D eigenvalue weighted by Gasteiger charge is -2.31. The van der Waals surface area contributed by atoms with Crippen LogP contribution >= 0.6 is 12.4 Å². The summed E-state index contributed by atoms with van der Waals surface area (Å²) < 4.78 is 13.0. The molecule has 1 aromatic carbocycles. The molecule has 0 aliphatic carbocycles. The molecule has 1 fully saturated rings. The maximum absolute atomic E-state index is 13.0. The standard InChI is InChI=1S/C18H22FN5O2.ClH/c19-14-5-3-12(4-6-14)15-10-16(23-22-15)18(26)24-9-1-2-13(11-24)17(25)21-8-7-20;/h3-6,10,13H,1-2,7-9,11,20H2,(H,21,25)(H,22,23);1H. The third-order valence-corrected chi connectivity index (χ3v) is 4.47. The Balaban J connectivity index is 0.00000261. The van der Waals surface area contributed by atoms with Crippen molar-refractivity contribution in [1.82, 2.24) is 20.4 Å². The fraction of sp³-hybridized carbons (Fsp3) is 0.389. The lowest BCUT2D eigenvalue weighted by Crippen LogP contribution is -2.46. The molecule has 1 atom stereocenters. The molecule has 1 saturated heterocycles. The number of hydrogen-bond acceptors (Lipinski definition) is 4. The van der Waals surface area contributed by atoms with Crippen LogP contribution in [0.5, 0.6) is 0 Å². The zero-order valence-corrected chi connectivity index (χ0v) is 15.6. The monoisotopic (exact) mass is 395 g/mol. The van der Waals surface area contributed by atoms with Gasteiger partial charge >= 0.3 is 0 Å². The first kappa shape index (κ1) is 20.9. The van der Waals surface area contributed by atoms with Gasteiger partial charge in [0.15, 0.2) is 0 Å². The van der Waals surface area contributed by atoms with Crippen LogP contribution in [0.3, 0.4) is 0 Å². The summed E-state index contributed by atoms with van der Waals surface area (Å²) in [7, 11) is 0. The van der Waals surface area contributed by atoms with Crippen molar-refractivity contribution in [2.24, 2.45) is 11.7 Å². The van der Waals surface area contributed by atoms with Crippen LogP contribution < -0.4 is 11.1 Å². The minimum atomic E-state index is -0.326. The Bertz CT molecular complexity index is 780. The van der Waals surface area contributed by atoms with Crippen LogP contribution in [0.15, 0.2) is 30.3 Å². The summed E-state index contributed by atoms with van der Waals surface area (Å²) in [6.45, 7) is 1.80. The number of aromatic nitrogens is 2. The Hall–Kier alpha value is -2.45. The van der Waals surface area contributed by atoms with Crippen molar-refractivity contribution in [3.63, 3.8) is 0 Å². The molecule has 0 saturated carbocycles. The van der Waals surface area contributed by atoms with Crippen LogP contribution in [0.4, 0.5) is 4.39 Å². The second kappa shape index (κ2) is 9.48. The molecule has 1 aromatic heterocycles. The molecular weight excluding hydrogens is 373 g/mol. The quantitative estimate of drug-likeness (QED) is 0.714. The van der Waals surface area contributed by atoms with Crippen LogP contribution in [0, 0.1) is 11.7 Å². The smallest absolute Gasteiger partial charge is 0.271 e. The normalized spacial score (nSPS) is 16.5. The number of benzene rings is 1. The van der Waals surface area contributed by atoms with Crippen molar-refractivity contribution in [2.75, 3.05) is 26.2 Å². The highest BCUT2D eigenvalue weighted by molar-refractivity contribution is 5.94. The molecule has 3 rings (SSSR count). The third-order valence-electron chi connectivity index (χ3n) is 4.47. The third kappa shape index (κ3) is 5.05. The Kier molecular flexibility index (Phi) is 7.32. The summed E-state index contributed by atoms with van der Waals surface area (Å²) in [6, 6.07) is 7.56. The molecule has 9 heteroatoms. The van der Waals surface area contributed by atoms with Gasteiger partial charge in [-0.05, 0) is 43.2 Å². The van der Waals surface area contributed by atoms with Crippen LogP contribution in [0.25, 0.3) is 11.3 Å². The van der Waals surface area contributed by atoms with Gasteiger partial charge in [0.25, 0.3) is 5.91 Å². The van der Waals surface area contributed by atoms with Gasteiger partial charge in [0.05, 0.1) is 11.6 Å². The van der Waals surface area contributed by atoms with Crippen LogP contribution in [-0.2, 0) is 4.79 Å². The maximum Gasteiger partial charge on any atom is 0.271 e. The molecular formula is C18H23ClFN5O2. The van der Waals surface area contributed by atoms with Gasteiger partial charge in [-0.3, -0.25) is 14.7 Å². The number of nitrogens with two attached hydrogens (primary N) is 1. The van der Waals surface area contributed by atoms with E-state index in [1.807, 2.05) is 0 Å². The number of amides is 2. The maximum atomic E-state index is 13.0. The minimum absolute atomic E-state index is 0. The molecule has 27 heavy (non-hydrogen) atoms. The largest absolute Gasteiger partial charge is 0.355 e. The molecule has 4 N–H and O–H groups in total. The van der Waals surface area contributed by atoms with Gasteiger partial charge in [-0.15, -0.1) is 12.4 Å². The van der Waals surface area contributed by atoms with Gasteiger partial charge in [-0.1, -0.05) is 0 Å². The van der Waals surface area contributed by atoms with E-state index in [1.165, 1.54) is 12.1 Å². The second-order valence-electron chi connectivity index (χ2n) is 6.34. The van der Waals surface area contributed by atoms with Crippen LogP contribution in [-0.4, -0.2) is 53.1 Å². The summed E-state index contributed by atoms with van der Waals surface area (Å²) in [5.41, 5.74) is 7.05. The van der Waals surface area contributed by atoms with E-state index in [1.54, 1.807) is 23.1 Å². The molecule has 2 heterocycles. The summed E-state index contributed by atoms with van der Waals surface area (Å²) >= 11 is 0. The fourth-order valence-corrected chi connectivity index (χ4v) is 3.09. The predicted octanol–water partition coefficient (Wildman–Crippen LogP) is 1.56. The van der Waals surface area contributed by atoms with Gasteiger partial charge < -0.3 is 16.0 Å². The fourth-order valence-electron chi connectivity index (χ4n) is 3.09. The lowest BCUT2D eigenvalue weighted by molar-refractivity contribution is -0.126. The summed E-state index contributed by atoms with van der Waals surface area (Å²) in [5, 5.41) is 9.66. The molecule has 0 radical (unpaired) electrons. The van der Waals surface area contributed by atoms with Crippen molar-refractivity contribution < 1.29 is 14.0 Å². The number of piperidine rings is 1. The molecule has 0 bridgehead atoms. The number of rotatable bonds is 5. The van der Waals surface area contributed by atoms with Gasteiger partial charge in [0, 0.05) is 31.7 Å². The molecule has 1 aliphatic rings. The summed E-state index contributed by atoms with van der Waals surface area (Å²) in [6.07, 6.45) is 1.52. The van der Waals surface area contributed by atoms with E-state index in [0.717, 1.165) is 18.4 Å². The van der Waals surface area contributed by atoms with E-state index in [9.17, 15) is 14.0 Å². The SMILES string of the molecule is Cl.NCCNC(=O)C1CCCN(C(=O)c2cc(-c3ccc(F)cc3)n[nH]2)C1. The van der Waals surface area contributed by atoms with E-state index in [2.05, 4.69) is 15.5 Å². The number of likely N-dealkylation sites (tertiary alicyclic amines) is 1. The van der Waals surface area contributed by atoms with Crippen LogP contribution in [0.2, 0.25) is 0 Å². The average Bonchev–Trinajstić information content (AvgIpc) is 3.16. The predicted molar refractivity (Wildman–Crippen MR) is 102 cm³/mol. The first-order chi connectivity index (χ1) is 12.6. The molecule has 0 spiro atoms. The minimum Gasteiger partial charge on any atom is -0.355 e. The Morgan fingerprint density at radius 2 is 2.07 bits per heavy atom.